The Labute approximate surface area is 251 Å². The highest BCUT2D eigenvalue weighted by Gasteiger charge is 2.28. The Bertz CT molecular complexity index is 1290. The van der Waals surface area contributed by atoms with Crippen molar-refractivity contribution in [2.24, 2.45) is 0 Å². The first-order valence-electron chi connectivity index (χ1n) is 10.6. The molecule has 2 rings (SSSR count). The molecule has 0 saturated heterocycles. The maximum absolute atomic E-state index is 13.5. The zero-order valence-corrected chi connectivity index (χ0v) is 25.4. The Morgan fingerprint density at radius 2 is 1.26 bits per heavy atom. The second-order valence-electron chi connectivity index (χ2n) is 6.72. The number of esters is 2. The van der Waals surface area contributed by atoms with Crippen molar-refractivity contribution in [1.29, 1.82) is 0 Å². The van der Waals surface area contributed by atoms with Crippen LogP contribution in [0.15, 0.2) is 21.9 Å². The summed E-state index contributed by atoms with van der Waals surface area (Å²) in [6.07, 6.45) is 2.90. The van der Waals surface area contributed by atoms with E-state index in [1.807, 2.05) is 0 Å². The third-order valence-corrected chi connectivity index (χ3v) is 7.47. The van der Waals surface area contributed by atoms with Gasteiger partial charge < -0.3 is 9.47 Å². The van der Waals surface area contributed by atoms with E-state index in [0.29, 0.717) is 4.24 Å². The van der Waals surface area contributed by atoms with E-state index in [1.54, 1.807) is 26.4 Å². The standard InChI is InChI=1S/C13H12Cl2FNO3S2.C10H8Cl2FNO3/c1-4-20-12(19)8(13(21-2)22-3)9(18)6-5-7(16)11(15)17-10(6)14;1-2-17-8(16)4-7(15)5-3-6(13)10(12)14-9(5)11/h5H,4H2,1-3H3;3H,2,4H2,1H3. The smallest absolute Gasteiger partial charge is 0.343 e. The van der Waals surface area contributed by atoms with Crippen molar-refractivity contribution in [2.45, 2.75) is 20.3 Å². The summed E-state index contributed by atoms with van der Waals surface area (Å²) in [6.45, 7) is 3.49. The van der Waals surface area contributed by atoms with E-state index in [-0.39, 0.29) is 40.2 Å². The Kier molecular flexibility index (Phi) is 15.3. The molecule has 0 aliphatic rings. The lowest BCUT2D eigenvalue weighted by Gasteiger charge is -2.11. The summed E-state index contributed by atoms with van der Waals surface area (Å²) in [7, 11) is 0. The van der Waals surface area contributed by atoms with Crippen LogP contribution in [0.1, 0.15) is 41.0 Å². The number of ether oxygens (including phenoxy) is 2. The van der Waals surface area contributed by atoms with E-state index < -0.39 is 51.9 Å². The number of hydrogen-bond donors (Lipinski definition) is 0. The maximum atomic E-state index is 13.5. The van der Waals surface area contributed by atoms with E-state index in [2.05, 4.69) is 14.7 Å². The monoisotopic (exact) mass is 662 g/mol. The van der Waals surface area contributed by atoms with Crippen LogP contribution in [0.2, 0.25) is 20.6 Å². The Balaban J connectivity index is 0.000000403. The van der Waals surface area contributed by atoms with Gasteiger partial charge >= 0.3 is 11.9 Å². The van der Waals surface area contributed by atoms with Gasteiger partial charge in [-0.25, -0.2) is 23.5 Å². The number of thioether (sulfide) groups is 2. The van der Waals surface area contributed by atoms with Crippen LogP contribution >= 0.6 is 69.9 Å². The molecule has 0 amide bonds. The van der Waals surface area contributed by atoms with Crippen LogP contribution in [0.5, 0.6) is 0 Å². The zero-order valence-electron chi connectivity index (χ0n) is 20.7. The van der Waals surface area contributed by atoms with Gasteiger partial charge in [0.15, 0.2) is 27.7 Å². The SMILES string of the molecule is CCOC(=O)C(C(=O)c1cc(F)c(Cl)nc1Cl)=C(SC)SC.CCOC(=O)CC(=O)c1cc(F)c(Cl)nc1Cl. The third-order valence-electron chi connectivity index (χ3n) is 4.21. The van der Waals surface area contributed by atoms with Gasteiger partial charge in [-0.15, -0.1) is 23.5 Å². The van der Waals surface area contributed by atoms with Crippen LogP contribution < -0.4 is 0 Å². The summed E-state index contributed by atoms with van der Waals surface area (Å²) in [5.74, 6) is -4.70. The molecule has 2 aromatic heterocycles. The first kappa shape index (κ1) is 35.1. The van der Waals surface area contributed by atoms with Gasteiger partial charge in [-0.3, -0.25) is 14.4 Å². The van der Waals surface area contributed by atoms with E-state index in [1.165, 1.54) is 23.5 Å². The Morgan fingerprint density at radius 3 is 1.72 bits per heavy atom. The number of hydrogen-bond acceptors (Lipinski definition) is 10. The molecule has 0 atom stereocenters. The predicted molar refractivity (Wildman–Crippen MR) is 149 cm³/mol. The molecule has 0 fully saturated rings. The summed E-state index contributed by atoms with van der Waals surface area (Å²) < 4.78 is 36.6. The molecule has 0 saturated carbocycles. The molecule has 0 spiro atoms. The number of aromatic nitrogens is 2. The molecular weight excluding hydrogens is 644 g/mol. The fourth-order valence-corrected chi connectivity index (χ4v) is 4.84. The number of nitrogens with zero attached hydrogens (tertiary/aromatic N) is 2. The number of carbonyl (C=O) groups excluding carboxylic acids is 4. The molecule has 8 nitrogen and oxygen atoms in total. The fraction of sp³-hybridized carbons (Fsp3) is 0.304. The van der Waals surface area contributed by atoms with Gasteiger partial charge in [0.05, 0.1) is 28.6 Å². The lowest BCUT2D eigenvalue weighted by molar-refractivity contribution is -0.142. The molecule has 2 aromatic rings. The first-order valence-corrected chi connectivity index (χ1v) is 14.5. The highest BCUT2D eigenvalue weighted by molar-refractivity contribution is 8.21. The van der Waals surface area contributed by atoms with Gasteiger partial charge in [-0.05, 0) is 38.5 Å². The number of carbonyl (C=O) groups is 4. The second kappa shape index (κ2) is 17.0. The van der Waals surface area contributed by atoms with Gasteiger partial charge in [0.1, 0.15) is 22.3 Å². The number of Topliss-reactive ketones (excluding diaryl/α,β-unsaturated/α-hetero) is 2. The minimum atomic E-state index is -0.896. The Morgan fingerprint density at radius 1 is 0.795 bits per heavy atom. The van der Waals surface area contributed by atoms with Crippen LogP contribution in [-0.4, -0.2) is 59.2 Å². The molecule has 0 aliphatic carbocycles. The van der Waals surface area contributed by atoms with Crippen molar-refractivity contribution in [1.82, 2.24) is 9.97 Å². The van der Waals surface area contributed by atoms with Crippen molar-refractivity contribution in [2.75, 3.05) is 25.7 Å². The lowest BCUT2D eigenvalue weighted by Crippen LogP contribution is -2.18. The molecular formula is C23H20Cl4F2N2O6S2. The van der Waals surface area contributed by atoms with Crippen molar-refractivity contribution < 1.29 is 37.4 Å². The zero-order chi connectivity index (χ0) is 29.9. The summed E-state index contributed by atoms with van der Waals surface area (Å²) in [6, 6.07) is 1.71. The third kappa shape index (κ3) is 10.2. The van der Waals surface area contributed by atoms with Gasteiger partial charge in [0.25, 0.3) is 0 Å². The molecule has 0 bridgehead atoms. The molecule has 2 heterocycles. The van der Waals surface area contributed by atoms with Crippen molar-refractivity contribution in [3.05, 3.63) is 65.3 Å². The van der Waals surface area contributed by atoms with Gasteiger partial charge in [-0.2, -0.15) is 0 Å². The molecule has 0 aromatic carbocycles. The molecule has 0 radical (unpaired) electrons. The van der Waals surface area contributed by atoms with Gasteiger partial charge in [-0.1, -0.05) is 46.4 Å². The molecule has 0 N–H and O–H groups in total. The van der Waals surface area contributed by atoms with Crippen LogP contribution in [0.4, 0.5) is 8.78 Å². The predicted octanol–water partition coefficient (Wildman–Crippen LogP) is 6.87. The molecule has 212 valence electrons. The van der Waals surface area contributed by atoms with Crippen LogP contribution in [0.3, 0.4) is 0 Å². The topological polar surface area (TPSA) is 113 Å². The molecule has 16 heteroatoms. The average molecular weight is 664 g/mol. The van der Waals surface area contributed by atoms with Crippen LogP contribution in [0, 0.1) is 11.6 Å². The van der Waals surface area contributed by atoms with Crippen molar-refractivity contribution in [3.8, 4) is 0 Å². The highest BCUT2D eigenvalue weighted by Crippen LogP contribution is 2.32. The first-order chi connectivity index (χ1) is 18.3. The van der Waals surface area contributed by atoms with E-state index in [9.17, 15) is 28.0 Å². The van der Waals surface area contributed by atoms with E-state index in [4.69, 9.17) is 51.1 Å². The fourth-order valence-electron chi connectivity index (χ4n) is 2.58. The number of rotatable bonds is 10. The Hall–Kier alpha value is -1.96. The van der Waals surface area contributed by atoms with E-state index >= 15 is 0 Å². The summed E-state index contributed by atoms with van der Waals surface area (Å²) in [5.41, 5.74) is -0.638. The largest absolute Gasteiger partial charge is 0.466 e. The van der Waals surface area contributed by atoms with Crippen molar-refractivity contribution >= 4 is 93.4 Å². The van der Waals surface area contributed by atoms with Crippen molar-refractivity contribution in [3.63, 3.8) is 0 Å². The number of halogens is 6. The average Bonchev–Trinajstić information content (AvgIpc) is 2.87. The normalized spacial score (nSPS) is 10.2. The molecule has 0 aliphatic heterocycles. The van der Waals surface area contributed by atoms with E-state index in [0.717, 1.165) is 12.1 Å². The van der Waals surface area contributed by atoms with Gasteiger partial charge in [0, 0.05) is 0 Å². The van der Waals surface area contributed by atoms with Crippen LogP contribution in [-0.2, 0) is 19.1 Å². The quantitative estimate of drug-likeness (QED) is 0.0666. The summed E-state index contributed by atoms with van der Waals surface area (Å²) in [5, 5.41) is -1.40. The van der Waals surface area contributed by atoms with Gasteiger partial charge in [0.2, 0.25) is 5.78 Å². The summed E-state index contributed by atoms with van der Waals surface area (Å²) >= 11 is 24.8. The lowest BCUT2D eigenvalue weighted by atomic mass is 10.1. The minimum absolute atomic E-state index is 0.104. The minimum Gasteiger partial charge on any atom is -0.466 e. The highest BCUT2D eigenvalue weighted by atomic mass is 35.5. The van der Waals surface area contributed by atoms with Crippen LogP contribution in [0.25, 0.3) is 0 Å². The molecule has 0 unspecified atom stereocenters. The number of ketones is 2. The second-order valence-corrected chi connectivity index (χ2v) is 10.0. The maximum Gasteiger partial charge on any atom is 0.343 e. The number of pyridine rings is 2. The summed E-state index contributed by atoms with van der Waals surface area (Å²) in [4.78, 5) is 54.3. The molecule has 39 heavy (non-hydrogen) atoms.